The van der Waals surface area contributed by atoms with Crippen LogP contribution in [0.5, 0.6) is 5.75 Å². The standard InChI is InChI=1S/C26H26ClN5O3/c1-4-35-14(2)17-8-9-19-22(30-17)15(10-12-28-19)23-24(21-18(31-23)11-13-29-26(21)33)32-20-7-5-6-16(27)25(20)34-3/h5-10,12,14,31-32H,4,11,13H2,1-3H3,(H,29,33). The van der Waals surface area contributed by atoms with E-state index in [2.05, 4.69) is 20.6 Å². The van der Waals surface area contributed by atoms with Gasteiger partial charge in [-0.15, -0.1) is 0 Å². The van der Waals surface area contributed by atoms with Gasteiger partial charge in [0.25, 0.3) is 5.91 Å². The Morgan fingerprint density at radius 3 is 2.89 bits per heavy atom. The number of carbonyl (C=O) groups excluding carboxylic acids is 1. The Morgan fingerprint density at radius 2 is 2.09 bits per heavy atom. The minimum absolute atomic E-state index is 0.144. The van der Waals surface area contributed by atoms with Gasteiger partial charge in [0.05, 0.1) is 57.6 Å². The summed E-state index contributed by atoms with van der Waals surface area (Å²) in [5.74, 6) is 0.353. The maximum atomic E-state index is 13.0. The van der Waals surface area contributed by atoms with Gasteiger partial charge >= 0.3 is 0 Å². The number of nitrogens with one attached hydrogen (secondary N) is 3. The number of methoxy groups -OCH3 is 1. The van der Waals surface area contributed by atoms with Gasteiger partial charge in [-0.2, -0.15) is 0 Å². The van der Waals surface area contributed by atoms with E-state index < -0.39 is 0 Å². The van der Waals surface area contributed by atoms with Crippen molar-refractivity contribution in [3.63, 3.8) is 0 Å². The van der Waals surface area contributed by atoms with Gasteiger partial charge in [0, 0.05) is 37.0 Å². The molecule has 0 bridgehead atoms. The summed E-state index contributed by atoms with van der Waals surface area (Å²) < 4.78 is 11.3. The van der Waals surface area contributed by atoms with Crippen molar-refractivity contribution in [2.24, 2.45) is 0 Å². The van der Waals surface area contributed by atoms with Gasteiger partial charge in [0.2, 0.25) is 0 Å². The molecule has 1 aliphatic heterocycles. The summed E-state index contributed by atoms with van der Waals surface area (Å²) in [5, 5.41) is 6.83. The van der Waals surface area contributed by atoms with Crippen LogP contribution in [0.25, 0.3) is 22.3 Å². The first-order valence-electron chi connectivity index (χ1n) is 11.5. The number of aromatic nitrogens is 3. The van der Waals surface area contributed by atoms with Crippen LogP contribution in [-0.2, 0) is 11.2 Å². The molecule has 4 aromatic rings. The molecule has 35 heavy (non-hydrogen) atoms. The van der Waals surface area contributed by atoms with Crippen LogP contribution in [-0.4, -0.2) is 41.1 Å². The summed E-state index contributed by atoms with van der Waals surface area (Å²) in [6.45, 7) is 5.09. The Hall–Kier alpha value is -3.62. The number of halogens is 1. The predicted octanol–water partition coefficient (Wildman–Crippen LogP) is 5.41. The monoisotopic (exact) mass is 491 g/mol. The Morgan fingerprint density at radius 1 is 1.23 bits per heavy atom. The van der Waals surface area contributed by atoms with Crippen molar-refractivity contribution in [1.82, 2.24) is 20.3 Å². The summed E-state index contributed by atoms with van der Waals surface area (Å²) in [5.41, 5.74) is 6.56. The van der Waals surface area contributed by atoms with Crippen LogP contribution in [0.3, 0.4) is 0 Å². The number of hydrogen-bond donors (Lipinski definition) is 3. The molecule has 4 heterocycles. The molecule has 3 aromatic heterocycles. The Bertz CT molecular complexity index is 1420. The van der Waals surface area contributed by atoms with E-state index in [1.165, 1.54) is 0 Å². The van der Waals surface area contributed by atoms with E-state index in [1.54, 1.807) is 19.4 Å². The second-order valence-electron chi connectivity index (χ2n) is 8.24. The van der Waals surface area contributed by atoms with E-state index in [0.717, 1.165) is 33.7 Å². The molecule has 5 rings (SSSR count). The Kier molecular flexibility index (Phi) is 6.32. The zero-order valence-electron chi connectivity index (χ0n) is 19.7. The highest BCUT2D eigenvalue weighted by atomic mass is 35.5. The average Bonchev–Trinajstić information content (AvgIpc) is 3.23. The fourth-order valence-electron chi connectivity index (χ4n) is 4.46. The fourth-order valence-corrected chi connectivity index (χ4v) is 4.71. The van der Waals surface area contributed by atoms with E-state index >= 15 is 0 Å². The average molecular weight is 492 g/mol. The third-order valence-corrected chi connectivity index (χ3v) is 6.40. The fraction of sp³-hybridized carbons (Fsp3) is 0.269. The van der Waals surface area contributed by atoms with Crippen molar-refractivity contribution in [1.29, 1.82) is 0 Å². The first-order valence-corrected chi connectivity index (χ1v) is 11.9. The van der Waals surface area contributed by atoms with Gasteiger partial charge in [0.1, 0.15) is 0 Å². The molecule has 0 saturated carbocycles. The minimum Gasteiger partial charge on any atom is -0.493 e. The van der Waals surface area contributed by atoms with Crippen LogP contribution < -0.4 is 15.4 Å². The number of pyridine rings is 2. The summed E-state index contributed by atoms with van der Waals surface area (Å²) in [6, 6.07) is 11.2. The third-order valence-electron chi connectivity index (χ3n) is 6.10. The zero-order chi connectivity index (χ0) is 24.5. The minimum atomic E-state index is -0.159. The molecule has 1 unspecified atom stereocenters. The van der Waals surface area contributed by atoms with Crippen molar-refractivity contribution >= 4 is 39.9 Å². The van der Waals surface area contributed by atoms with Gasteiger partial charge < -0.3 is 25.1 Å². The van der Waals surface area contributed by atoms with Crippen LogP contribution in [0.4, 0.5) is 11.4 Å². The van der Waals surface area contributed by atoms with Crippen molar-refractivity contribution in [2.45, 2.75) is 26.4 Å². The highest BCUT2D eigenvalue weighted by Gasteiger charge is 2.28. The van der Waals surface area contributed by atoms with Gasteiger partial charge in [-0.3, -0.25) is 9.78 Å². The number of carbonyl (C=O) groups is 1. The van der Waals surface area contributed by atoms with Crippen molar-refractivity contribution < 1.29 is 14.3 Å². The summed E-state index contributed by atoms with van der Waals surface area (Å²) >= 11 is 6.37. The molecule has 0 aliphatic carbocycles. The Labute approximate surface area is 208 Å². The molecule has 0 fully saturated rings. The second kappa shape index (κ2) is 9.56. The summed E-state index contributed by atoms with van der Waals surface area (Å²) in [4.78, 5) is 25.9. The topological polar surface area (TPSA) is 101 Å². The molecule has 1 aliphatic rings. The van der Waals surface area contributed by atoms with E-state index in [1.807, 2.05) is 44.2 Å². The van der Waals surface area contributed by atoms with Gasteiger partial charge in [-0.25, -0.2) is 4.98 Å². The molecule has 180 valence electrons. The number of aromatic amines is 1. The van der Waals surface area contributed by atoms with E-state index in [9.17, 15) is 4.79 Å². The number of para-hydroxylation sites is 1. The van der Waals surface area contributed by atoms with Crippen molar-refractivity contribution in [2.75, 3.05) is 25.6 Å². The van der Waals surface area contributed by atoms with Gasteiger partial charge in [-0.05, 0) is 44.2 Å². The number of nitrogens with zero attached hydrogens (tertiary/aromatic N) is 2. The van der Waals surface area contributed by atoms with Crippen LogP contribution >= 0.6 is 11.6 Å². The molecule has 1 aromatic carbocycles. The van der Waals surface area contributed by atoms with Crippen LogP contribution in [0.1, 0.15) is 41.7 Å². The number of H-pyrrole nitrogens is 1. The second-order valence-corrected chi connectivity index (χ2v) is 8.65. The molecular weight excluding hydrogens is 466 g/mol. The van der Waals surface area contributed by atoms with Crippen LogP contribution in [0.2, 0.25) is 5.02 Å². The summed E-state index contributed by atoms with van der Waals surface area (Å²) in [6.07, 6.45) is 2.27. The number of anilines is 2. The largest absolute Gasteiger partial charge is 0.493 e. The number of rotatable bonds is 7. The van der Waals surface area contributed by atoms with Gasteiger partial charge in [0.15, 0.2) is 5.75 Å². The molecule has 8 nitrogen and oxygen atoms in total. The SMILES string of the molecule is CCOC(C)c1ccc2nccc(-c3[nH]c4c(c3Nc3cccc(Cl)c3OC)C(=O)NCC4)c2n1. The highest BCUT2D eigenvalue weighted by molar-refractivity contribution is 6.32. The molecule has 0 radical (unpaired) electrons. The number of hydrogen-bond acceptors (Lipinski definition) is 6. The normalized spacial score (nSPS) is 13.9. The number of amides is 1. The number of benzene rings is 1. The van der Waals surface area contributed by atoms with Gasteiger partial charge in [-0.1, -0.05) is 17.7 Å². The van der Waals surface area contributed by atoms with Crippen LogP contribution in [0, 0.1) is 0 Å². The van der Waals surface area contributed by atoms with E-state index in [4.69, 9.17) is 26.1 Å². The lowest BCUT2D eigenvalue weighted by molar-refractivity contribution is 0.0736. The molecule has 1 amide bonds. The van der Waals surface area contributed by atoms with Crippen molar-refractivity contribution in [3.05, 3.63) is 64.6 Å². The number of fused-ring (bicyclic) bond motifs is 2. The zero-order valence-corrected chi connectivity index (χ0v) is 20.5. The Balaban J connectivity index is 1.72. The third kappa shape index (κ3) is 4.19. The van der Waals surface area contributed by atoms with Crippen molar-refractivity contribution in [3.8, 4) is 17.0 Å². The van der Waals surface area contributed by atoms with E-state index in [-0.39, 0.29) is 12.0 Å². The number of ether oxygens (including phenoxy) is 2. The molecule has 3 N–H and O–H groups in total. The maximum Gasteiger partial charge on any atom is 0.255 e. The lowest BCUT2D eigenvalue weighted by Crippen LogP contribution is -2.31. The molecule has 9 heteroatoms. The molecule has 1 atom stereocenters. The predicted molar refractivity (Wildman–Crippen MR) is 137 cm³/mol. The quantitative estimate of drug-likeness (QED) is 0.319. The molecular formula is C26H26ClN5O3. The van der Waals surface area contributed by atoms with E-state index in [0.29, 0.717) is 47.3 Å². The highest BCUT2D eigenvalue weighted by Crippen LogP contribution is 2.42. The smallest absolute Gasteiger partial charge is 0.255 e. The molecule has 0 spiro atoms. The van der Waals surface area contributed by atoms with Crippen LogP contribution in [0.15, 0.2) is 42.6 Å². The first-order chi connectivity index (χ1) is 17.0. The lowest BCUT2D eigenvalue weighted by atomic mass is 10.0. The summed E-state index contributed by atoms with van der Waals surface area (Å²) in [7, 11) is 1.56. The lowest BCUT2D eigenvalue weighted by Gasteiger charge is -2.17. The molecule has 0 saturated heterocycles. The first kappa shape index (κ1) is 23.1. The maximum absolute atomic E-state index is 13.0.